The Morgan fingerprint density at radius 3 is 1.95 bits per heavy atom. The zero-order valence-electron chi connectivity index (χ0n) is 23.7. The summed E-state index contributed by atoms with van der Waals surface area (Å²) in [6, 6.07) is 36.8. The van der Waals surface area contributed by atoms with Crippen LogP contribution in [0.15, 0.2) is 103 Å². The Morgan fingerprint density at radius 2 is 1.30 bits per heavy atom. The van der Waals surface area contributed by atoms with Crippen molar-refractivity contribution in [2.75, 3.05) is 32.7 Å². The molecule has 40 heavy (non-hydrogen) atoms. The lowest BCUT2D eigenvalue weighted by atomic mass is 9.97. The Labute approximate surface area is 238 Å². The quantitative estimate of drug-likeness (QED) is 0.279. The van der Waals surface area contributed by atoms with Crippen LogP contribution in [0.25, 0.3) is 33.3 Å². The number of quaternary nitrogens is 2. The van der Waals surface area contributed by atoms with Gasteiger partial charge in [-0.1, -0.05) is 103 Å². The van der Waals surface area contributed by atoms with Crippen LogP contribution in [0.1, 0.15) is 16.7 Å². The maximum Gasteiger partial charge on any atom is 0.127 e. The second-order valence-corrected chi connectivity index (χ2v) is 11.6. The Bertz CT molecular complexity index is 1550. The number of fused-ring (bicyclic) bond motifs is 1. The molecule has 4 nitrogen and oxygen atoms in total. The summed E-state index contributed by atoms with van der Waals surface area (Å²) >= 11 is 0. The van der Waals surface area contributed by atoms with Gasteiger partial charge in [-0.25, -0.2) is 0 Å². The van der Waals surface area contributed by atoms with Gasteiger partial charge in [-0.2, -0.15) is 0 Å². The van der Waals surface area contributed by atoms with Crippen LogP contribution in [0, 0.1) is 13.8 Å². The molecule has 1 aliphatic heterocycles. The van der Waals surface area contributed by atoms with Crippen LogP contribution in [-0.4, -0.2) is 48.5 Å². The molecule has 5 aromatic rings. The number of aromatic nitrogens is 1. The van der Waals surface area contributed by atoms with E-state index in [2.05, 4.69) is 122 Å². The van der Waals surface area contributed by atoms with E-state index in [4.69, 9.17) is 0 Å². The average Bonchev–Trinajstić information content (AvgIpc) is 3.29. The summed E-state index contributed by atoms with van der Waals surface area (Å²) in [7, 11) is 0. The van der Waals surface area contributed by atoms with Gasteiger partial charge in [0.05, 0.1) is 17.8 Å². The summed E-state index contributed by atoms with van der Waals surface area (Å²) in [5.41, 5.74) is 10.0. The van der Waals surface area contributed by atoms with Crippen LogP contribution in [0.3, 0.4) is 0 Å². The third-order valence-corrected chi connectivity index (χ3v) is 8.48. The zero-order chi connectivity index (χ0) is 27.5. The molecule has 0 radical (unpaired) electrons. The molecule has 1 fully saturated rings. The summed E-state index contributed by atoms with van der Waals surface area (Å²) in [6.45, 7) is 11.3. The summed E-state index contributed by atoms with van der Waals surface area (Å²) in [4.78, 5) is 3.16. The fourth-order valence-electron chi connectivity index (χ4n) is 6.69. The summed E-state index contributed by atoms with van der Waals surface area (Å²) in [5, 5.41) is 12.8. The molecule has 0 aliphatic carbocycles. The molecule has 4 aromatic carbocycles. The van der Waals surface area contributed by atoms with E-state index in [0.29, 0.717) is 6.54 Å². The van der Waals surface area contributed by atoms with Crippen molar-refractivity contribution in [2.45, 2.75) is 33.0 Å². The van der Waals surface area contributed by atoms with Gasteiger partial charge in [-0.3, -0.25) is 0 Å². The molecule has 0 amide bonds. The van der Waals surface area contributed by atoms with Crippen molar-refractivity contribution in [3.63, 3.8) is 0 Å². The smallest absolute Gasteiger partial charge is 0.127 e. The Morgan fingerprint density at radius 1 is 0.725 bits per heavy atom. The minimum absolute atomic E-state index is 0.423. The second kappa shape index (κ2) is 11.8. The second-order valence-electron chi connectivity index (χ2n) is 11.6. The third-order valence-electron chi connectivity index (χ3n) is 8.48. The van der Waals surface area contributed by atoms with Crippen LogP contribution < -0.4 is 9.80 Å². The lowest BCUT2D eigenvalue weighted by Gasteiger charge is -2.31. The number of hydrogen-bond donors (Lipinski definition) is 3. The number of rotatable bonds is 8. The van der Waals surface area contributed by atoms with Crippen molar-refractivity contribution in [2.24, 2.45) is 0 Å². The number of nitrogens with zero attached hydrogens (tertiary/aromatic N) is 1. The molecular formula is C36H41N3O+2. The van der Waals surface area contributed by atoms with Crippen molar-refractivity contribution in [1.29, 1.82) is 0 Å². The molecule has 4 heteroatoms. The molecule has 204 valence electrons. The topological polar surface area (TPSA) is 34.0 Å². The monoisotopic (exact) mass is 531 g/mol. The van der Waals surface area contributed by atoms with Gasteiger partial charge < -0.3 is 19.5 Å². The van der Waals surface area contributed by atoms with E-state index in [-0.39, 0.29) is 0 Å². The molecule has 2 heterocycles. The Balaban J connectivity index is 1.29. The van der Waals surface area contributed by atoms with Gasteiger partial charge in [0, 0.05) is 16.5 Å². The van der Waals surface area contributed by atoms with Crippen LogP contribution in [0.2, 0.25) is 0 Å². The number of nitrogens with one attached hydrogen (secondary N) is 2. The molecule has 3 N–H and O–H groups in total. The van der Waals surface area contributed by atoms with E-state index >= 15 is 0 Å². The van der Waals surface area contributed by atoms with E-state index in [9.17, 15) is 5.11 Å². The number of aliphatic hydroxyl groups is 1. The van der Waals surface area contributed by atoms with Crippen molar-refractivity contribution in [3.05, 3.63) is 120 Å². The van der Waals surface area contributed by atoms with Crippen molar-refractivity contribution in [3.8, 4) is 22.4 Å². The standard InChI is InChI=1S/C36H39N3O/c1-27-22-28(2)35-33(23-27)34(30-14-8-4-9-15-30)36(31-16-10-5-11-17-31)39(35)26-32(40)25-38-20-18-37(19-21-38)24-29-12-6-3-7-13-29/h3-17,22-23,32,40H,18-21,24-26H2,1-2H3/p+2/t32-/m1/s1. The van der Waals surface area contributed by atoms with Gasteiger partial charge in [-0.15, -0.1) is 0 Å². The summed E-state index contributed by atoms with van der Waals surface area (Å²) in [6.07, 6.45) is -0.423. The first-order chi connectivity index (χ1) is 19.6. The van der Waals surface area contributed by atoms with Crippen molar-refractivity contribution >= 4 is 10.9 Å². The number of benzene rings is 4. The maximum absolute atomic E-state index is 11.6. The van der Waals surface area contributed by atoms with Crippen LogP contribution in [0.4, 0.5) is 0 Å². The van der Waals surface area contributed by atoms with Crippen molar-refractivity contribution in [1.82, 2.24) is 4.57 Å². The van der Waals surface area contributed by atoms with E-state index < -0.39 is 6.10 Å². The molecule has 1 atom stereocenters. The molecule has 6 rings (SSSR count). The van der Waals surface area contributed by atoms with Gasteiger partial charge >= 0.3 is 0 Å². The predicted molar refractivity (Wildman–Crippen MR) is 165 cm³/mol. The molecule has 0 bridgehead atoms. The van der Waals surface area contributed by atoms with Crippen LogP contribution in [0.5, 0.6) is 0 Å². The third kappa shape index (κ3) is 5.62. The van der Waals surface area contributed by atoms with Crippen LogP contribution >= 0.6 is 0 Å². The zero-order valence-corrected chi connectivity index (χ0v) is 23.7. The minimum Gasteiger partial charge on any atom is -0.385 e. The minimum atomic E-state index is -0.423. The molecule has 0 spiro atoms. The molecule has 1 saturated heterocycles. The lowest BCUT2D eigenvalue weighted by molar-refractivity contribution is -1.02. The Hall–Kier alpha value is -3.70. The highest BCUT2D eigenvalue weighted by atomic mass is 16.3. The van der Waals surface area contributed by atoms with E-state index in [1.807, 2.05) is 0 Å². The van der Waals surface area contributed by atoms with E-state index in [0.717, 1.165) is 39.3 Å². The average molecular weight is 532 g/mol. The molecule has 0 saturated carbocycles. The lowest BCUT2D eigenvalue weighted by Crippen LogP contribution is -3.28. The van der Waals surface area contributed by atoms with E-state index in [1.165, 1.54) is 54.9 Å². The number of hydrogen-bond acceptors (Lipinski definition) is 1. The van der Waals surface area contributed by atoms with Gasteiger partial charge in [0.2, 0.25) is 0 Å². The molecular weight excluding hydrogens is 490 g/mol. The number of piperazine rings is 1. The fourth-order valence-corrected chi connectivity index (χ4v) is 6.69. The molecule has 1 aromatic heterocycles. The largest absolute Gasteiger partial charge is 0.385 e. The van der Waals surface area contributed by atoms with Gasteiger partial charge in [0.1, 0.15) is 45.4 Å². The Kier molecular flexibility index (Phi) is 7.83. The van der Waals surface area contributed by atoms with Crippen molar-refractivity contribution < 1.29 is 14.9 Å². The first kappa shape index (κ1) is 26.5. The normalized spacial score (nSPS) is 18.2. The first-order valence-electron chi connectivity index (χ1n) is 14.7. The number of aliphatic hydroxyl groups excluding tert-OH is 1. The van der Waals surface area contributed by atoms with Gasteiger partial charge in [0.25, 0.3) is 0 Å². The van der Waals surface area contributed by atoms with Gasteiger partial charge in [0.15, 0.2) is 0 Å². The maximum atomic E-state index is 11.6. The first-order valence-corrected chi connectivity index (χ1v) is 14.7. The summed E-state index contributed by atoms with van der Waals surface area (Å²) < 4.78 is 2.41. The highest BCUT2D eigenvalue weighted by molar-refractivity contribution is 6.06. The van der Waals surface area contributed by atoms with Crippen LogP contribution in [-0.2, 0) is 13.1 Å². The van der Waals surface area contributed by atoms with E-state index in [1.54, 1.807) is 4.90 Å². The summed E-state index contributed by atoms with van der Waals surface area (Å²) in [5.74, 6) is 0. The predicted octanol–water partition coefficient (Wildman–Crippen LogP) is 3.94. The van der Waals surface area contributed by atoms with Gasteiger partial charge in [-0.05, 0) is 36.6 Å². The highest BCUT2D eigenvalue weighted by Gasteiger charge is 2.27. The SMILES string of the molecule is Cc1cc(C)c2c(c1)c(-c1ccccc1)c(-c1ccccc1)n2C[C@H](O)C[NH+]1CC[NH+](Cc2ccccc2)CC1. The highest BCUT2D eigenvalue weighted by Crippen LogP contribution is 2.42. The number of aryl methyl sites for hydroxylation is 2. The fraction of sp³-hybridized carbons (Fsp3) is 0.278. The molecule has 1 aliphatic rings. The molecule has 0 unspecified atom stereocenters.